The van der Waals surface area contributed by atoms with E-state index in [4.69, 9.17) is 0 Å². The predicted molar refractivity (Wildman–Crippen MR) is 60.5 cm³/mol. The summed E-state index contributed by atoms with van der Waals surface area (Å²) in [6.45, 7) is 4.39. The zero-order valence-electron chi connectivity index (χ0n) is 7.38. The van der Waals surface area contributed by atoms with E-state index >= 15 is 0 Å². The zero-order valence-corrected chi connectivity index (χ0v) is 9.78. The molecule has 1 rings (SSSR count). The van der Waals surface area contributed by atoms with Crippen LogP contribution in [0.4, 0.5) is 0 Å². The van der Waals surface area contributed by atoms with Gasteiger partial charge in [-0.15, -0.1) is 12.4 Å². The van der Waals surface area contributed by atoms with Crippen LogP contribution in [0.25, 0.3) is 0 Å². The third-order valence-electron chi connectivity index (χ3n) is 1.52. The fourth-order valence-electron chi connectivity index (χ4n) is 0.866. The summed E-state index contributed by atoms with van der Waals surface area (Å²) in [5.41, 5.74) is 1.38. The van der Waals surface area contributed by atoms with Crippen LogP contribution in [0.3, 0.4) is 0 Å². The van der Waals surface area contributed by atoms with Gasteiger partial charge in [-0.05, 0) is 23.6 Å². The second-order valence-corrected chi connectivity index (χ2v) is 3.63. The van der Waals surface area contributed by atoms with Gasteiger partial charge in [-0.3, -0.25) is 0 Å². The zero-order chi connectivity index (χ0) is 7.56. The van der Waals surface area contributed by atoms with Gasteiger partial charge in [0, 0.05) is 4.47 Å². The molecule has 0 heterocycles. The molecule has 3 heteroatoms. The van der Waals surface area contributed by atoms with Crippen LogP contribution in [0.5, 0.6) is 0 Å². The Hall–Kier alpha value is -0.0500. The van der Waals surface area contributed by atoms with Crippen molar-refractivity contribution in [2.45, 2.75) is 19.8 Å². The van der Waals surface area contributed by atoms with Gasteiger partial charge in [-0.25, -0.2) is 0 Å². The molecule has 0 radical (unpaired) electrons. The monoisotopic (exact) mass is 251 g/mol. The molecule has 1 aromatic rings. The van der Waals surface area contributed by atoms with Crippen LogP contribution in [0.1, 0.15) is 25.3 Å². The molecule has 0 fully saturated rings. The third-order valence-corrected chi connectivity index (χ3v) is 2.01. The highest BCUT2D eigenvalue weighted by Crippen LogP contribution is 2.18. The first-order chi connectivity index (χ1) is 4.70. The van der Waals surface area contributed by atoms with Gasteiger partial charge in [0.15, 0.2) is 0 Å². The molecule has 3 N–H and O–H groups in total. The van der Waals surface area contributed by atoms with Crippen molar-refractivity contribution in [2.24, 2.45) is 0 Å². The summed E-state index contributed by atoms with van der Waals surface area (Å²) in [7, 11) is 0. The molecule has 0 saturated carbocycles. The van der Waals surface area contributed by atoms with E-state index in [9.17, 15) is 0 Å². The minimum absolute atomic E-state index is 0. The summed E-state index contributed by atoms with van der Waals surface area (Å²) in [5.74, 6) is 0.623. The quantitative estimate of drug-likeness (QED) is 0.800. The first-order valence-electron chi connectivity index (χ1n) is 3.45. The first-order valence-corrected chi connectivity index (χ1v) is 4.25. The lowest BCUT2D eigenvalue weighted by Gasteiger charge is -2.03. The lowest BCUT2D eigenvalue weighted by atomic mass is 10.0. The minimum Gasteiger partial charge on any atom is -0.344 e. The van der Waals surface area contributed by atoms with E-state index in [1.807, 2.05) is 6.07 Å². The van der Waals surface area contributed by atoms with Crippen LogP contribution in [-0.4, -0.2) is 0 Å². The van der Waals surface area contributed by atoms with E-state index in [1.165, 1.54) is 10.0 Å². The van der Waals surface area contributed by atoms with Gasteiger partial charge >= 0.3 is 0 Å². The van der Waals surface area contributed by atoms with Crippen molar-refractivity contribution in [1.29, 1.82) is 0 Å². The van der Waals surface area contributed by atoms with Gasteiger partial charge in [0.25, 0.3) is 0 Å². The molecule has 0 aliphatic carbocycles. The van der Waals surface area contributed by atoms with Gasteiger partial charge in [0.05, 0.1) is 0 Å². The molecular formula is C9H15BrClN. The van der Waals surface area contributed by atoms with Crippen molar-refractivity contribution >= 4 is 28.3 Å². The van der Waals surface area contributed by atoms with Crippen molar-refractivity contribution < 1.29 is 0 Å². The van der Waals surface area contributed by atoms with E-state index in [-0.39, 0.29) is 18.6 Å². The summed E-state index contributed by atoms with van der Waals surface area (Å²) in [6.07, 6.45) is 0. The standard InChI is InChI=1S/C9H11Br.ClH.H3N/c1-7(2)8-4-3-5-9(10)6-8;;/h3-7H,1-2H3;1H;1H3. The number of hydrogen-bond donors (Lipinski definition) is 1. The van der Waals surface area contributed by atoms with Gasteiger partial charge in [-0.1, -0.05) is 41.9 Å². The van der Waals surface area contributed by atoms with Crippen LogP contribution < -0.4 is 6.15 Å². The van der Waals surface area contributed by atoms with E-state index in [0.717, 1.165) is 0 Å². The molecule has 12 heavy (non-hydrogen) atoms. The van der Waals surface area contributed by atoms with Crippen LogP contribution >= 0.6 is 28.3 Å². The molecule has 0 aromatic heterocycles. The number of hydrogen-bond acceptors (Lipinski definition) is 1. The lowest BCUT2D eigenvalue weighted by molar-refractivity contribution is 0.866. The Labute approximate surface area is 88.7 Å². The molecule has 70 valence electrons. The van der Waals surface area contributed by atoms with Crippen molar-refractivity contribution in [3.63, 3.8) is 0 Å². The van der Waals surface area contributed by atoms with Crippen molar-refractivity contribution in [3.05, 3.63) is 34.3 Å². The van der Waals surface area contributed by atoms with Gasteiger partial charge in [0.2, 0.25) is 0 Å². The maximum Gasteiger partial charge on any atom is 0.0178 e. The maximum absolute atomic E-state index is 3.43. The SMILES string of the molecule is CC(C)c1cccc(Br)c1.Cl.N. The van der Waals surface area contributed by atoms with Gasteiger partial charge in [-0.2, -0.15) is 0 Å². The highest BCUT2D eigenvalue weighted by Gasteiger charge is 1.96. The van der Waals surface area contributed by atoms with E-state index < -0.39 is 0 Å². The van der Waals surface area contributed by atoms with Crippen LogP contribution in [0, 0.1) is 0 Å². The van der Waals surface area contributed by atoms with E-state index in [0.29, 0.717) is 5.92 Å². The van der Waals surface area contributed by atoms with Gasteiger partial charge < -0.3 is 6.15 Å². The van der Waals surface area contributed by atoms with Crippen molar-refractivity contribution in [2.75, 3.05) is 0 Å². The van der Waals surface area contributed by atoms with Crippen LogP contribution in [0.2, 0.25) is 0 Å². The van der Waals surface area contributed by atoms with Crippen LogP contribution in [-0.2, 0) is 0 Å². The minimum atomic E-state index is 0. The topological polar surface area (TPSA) is 35.0 Å². The Morgan fingerprint density at radius 3 is 2.17 bits per heavy atom. The Balaban J connectivity index is 0. The molecular weight excluding hydrogens is 237 g/mol. The average molecular weight is 253 g/mol. The summed E-state index contributed by atoms with van der Waals surface area (Å²) in [6, 6.07) is 8.42. The Bertz CT molecular complexity index is 226. The van der Waals surface area contributed by atoms with Crippen LogP contribution in [0.15, 0.2) is 28.7 Å². The molecule has 1 aromatic carbocycles. The maximum atomic E-state index is 3.43. The fraction of sp³-hybridized carbons (Fsp3) is 0.333. The summed E-state index contributed by atoms with van der Waals surface area (Å²) in [4.78, 5) is 0. The third kappa shape index (κ3) is 4.10. The Morgan fingerprint density at radius 2 is 1.83 bits per heavy atom. The van der Waals surface area contributed by atoms with Crippen molar-refractivity contribution in [1.82, 2.24) is 6.15 Å². The van der Waals surface area contributed by atoms with Gasteiger partial charge in [0.1, 0.15) is 0 Å². The molecule has 0 atom stereocenters. The first kappa shape index (κ1) is 14.5. The molecule has 0 aliphatic rings. The smallest absolute Gasteiger partial charge is 0.0178 e. The molecule has 0 bridgehead atoms. The van der Waals surface area contributed by atoms with Crippen molar-refractivity contribution in [3.8, 4) is 0 Å². The Morgan fingerprint density at radius 1 is 1.25 bits per heavy atom. The molecule has 0 aliphatic heterocycles. The summed E-state index contributed by atoms with van der Waals surface area (Å²) >= 11 is 3.43. The number of halogens is 2. The predicted octanol–water partition coefficient (Wildman–Crippen LogP) is 4.16. The summed E-state index contributed by atoms with van der Waals surface area (Å²) < 4.78 is 1.17. The van der Waals surface area contributed by atoms with E-state index in [1.54, 1.807) is 0 Å². The Kier molecular flexibility index (Phi) is 7.80. The average Bonchev–Trinajstić information content (AvgIpc) is 1.88. The second-order valence-electron chi connectivity index (χ2n) is 2.71. The normalized spacial score (nSPS) is 8.67. The molecule has 1 nitrogen and oxygen atoms in total. The van der Waals surface area contributed by atoms with E-state index in [2.05, 4.69) is 48.0 Å². The largest absolute Gasteiger partial charge is 0.344 e. The second kappa shape index (κ2) is 6.46. The fourth-order valence-corrected chi connectivity index (χ4v) is 1.28. The number of benzene rings is 1. The molecule has 0 saturated heterocycles. The summed E-state index contributed by atoms with van der Waals surface area (Å²) in [5, 5.41) is 0. The molecule has 0 unspecified atom stereocenters. The molecule has 0 spiro atoms. The molecule has 0 amide bonds. The lowest BCUT2D eigenvalue weighted by Crippen LogP contribution is -1.84. The highest BCUT2D eigenvalue weighted by atomic mass is 79.9. The highest BCUT2D eigenvalue weighted by molar-refractivity contribution is 9.10. The number of rotatable bonds is 1.